The fourth-order valence-corrected chi connectivity index (χ4v) is 5.29. The second-order valence-corrected chi connectivity index (χ2v) is 9.30. The molecule has 3 rings (SSSR count). The second kappa shape index (κ2) is 8.42. The molecular weight excluding hydrogens is 394 g/mol. The van der Waals surface area contributed by atoms with Gasteiger partial charge in [-0.25, -0.2) is 8.42 Å². The van der Waals surface area contributed by atoms with E-state index in [1.54, 1.807) is 6.07 Å². The Morgan fingerprint density at radius 2 is 1.96 bits per heavy atom. The van der Waals surface area contributed by atoms with Crippen LogP contribution in [0.5, 0.6) is 5.75 Å². The number of ether oxygens (including phenoxy) is 1. The smallest absolute Gasteiger partial charge is 0.387 e. The first kappa shape index (κ1) is 20.5. The number of carbonyl (C=O) groups excluding carboxylic acids is 2. The maximum absolute atomic E-state index is 12.8. The predicted octanol–water partition coefficient (Wildman–Crippen LogP) is 1.44. The van der Waals surface area contributed by atoms with Gasteiger partial charge in [0.15, 0.2) is 9.84 Å². The Morgan fingerprint density at radius 3 is 2.64 bits per heavy atom. The van der Waals surface area contributed by atoms with E-state index in [2.05, 4.69) is 10.1 Å². The number of likely N-dealkylation sites (tertiary alicyclic amines) is 1. The molecule has 0 radical (unpaired) electrons. The third-order valence-corrected chi connectivity index (χ3v) is 6.76. The van der Waals surface area contributed by atoms with Crippen LogP contribution in [-0.4, -0.2) is 62.4 Å². The van der Waals surface area contributed by atoms with E-state index in [1.807, 2.05) is 0 Å². The molecule has 0 saturated carbocycles. The summed E-state index contributed by atoms with van der Waals surface area (Å²) in [5.74, 6) is -1.43. The highest BCUT2D eigenvalue weighted by molar-refractivity contribution is 7.91. The average Bonchev–Trinajstić information content (AvgIpc) is 2.99. The Labute approximate surface area is 162 Å². The van der Waals surface area contributed by atoms with Crippen LogP contribution in [0.2, 0.25) is 0 Å². The van der Waals surface area contributed by atoms with Crippen molar-refractivity contribution in [2.24, 2.45) is 5.92 Å². The van der Waals surface area contributed by atoms with Crippen LogP contribution >= 0.6 is 0 Å². The molecule has 0 aromatic heterocycles. The van der Waals surface area contributed by atoms with Crippen LogP contribution in [0.1, 0.15) is 29.6 Å². The Bertz CT molecular complexity index is 846. The third kappa shape index (κ3) is 4.98. The lowest BCUT2D eigenvalue weighted by molar-refractivity contribution is -0.126. The van der Waals surface area contributed by atoms with Gasteiger partial charge in [0.05, 0.1) is 23.0 Å². The number of sulfone groups is 1. The highest BCUT2D eigenvalue weighted by Gasteiger charge is 2.34. The number of carbonyl (C=O) groups is 2. The average molecular weight is 416 g/mol. The molecule has 154 valence electrons. The molecule has 1 aromatic rings. The number of piperidine rings is 1. The monoisotopic (exact) mass is 416 g/mol. The van der Waals surface area contributed by atoms with Crippen LogP contribution in [0.4, 0.5) is 8.78 Å². The van der Waals surface area contributed by atoms with Gasteiger partial charge in [-0.1, -0.05) is 12.1 Å². The summed E-state index contributed by atoms with van der Waals surface area (Å²) in [4.78, 5) is 26.8. The van der Waals surface area contributed by atoms with Crippen LogP contribution < -0.4 is 10.1 Å². The minimum Gasteiger partial charge on any atom is -0.434 e. The molecule has 0 bridgehead atoms. The van der Waals surface area contributed by atoms with Crippen molar-refractivity contribution in [3.05, 3.63) is 29.8 Å². The number of benzene rings is 1. The van der Waals surface area contributed by atoms with Crippen LogP contribution in [0.15, 0.2) is 24.3 Å². The molecule has 1 N–H and O–H groups in total. The quantitative estimate of drug-likeness (QED) is 0.784. The van der Waals surface area contributed by atoms with Crippen LogP contribution in [0.3, 0.4) is 0 Å². The first-order chi connectivity index (χ1) is 13.2. The number of hydrogen-bond donors (Lipinski definition) is 1. The van der Waals surface area contributed by atoms with Crippen molar-refractivity contribution < 1.29 is 31.5 Å². The van der Waals surface area contributed by atoms with E-state index in [9.17, 15) is 26.8 Å². The molecule has 28 heavy (non-hydrogen) atoms. The Morgan fingerprint density at radius 1 is 1.21 bits per heavy atom. The summed E-state index contributed by atoms with van der Waals surface area (Å²) in [7, 11) is -3.10. The van der Waals surface area contributed by atoms with E-state index < -0.39 is 34.3 Å². The SMILES string of the molecule is O=C(NC1CCS(=O)(=O)C1)C1CCCN(C(=O)c2ccccc2OC(F)F)C1. The Balaban J connectivity index is 1.65. The van der Waals surface area contributed by atoms with Gasteiger partial charge in [0.2, 0.25) is 5.91 Å². The number of amides is 2. The first-order valence-corrected chi connectivity index (χ1v) is 10.9. The number of nitrogens with zero attached hydrogens (tertiary/aromatic N) is 1. The topological polar surface area (TPSA) is 92.8 Å². The van der Waals surface area contributed by atoms with Gasteiger partial charge in [-0.3, -0.25) is 9.59 Å². The molecule has 2 atom stereocenters. The molecular formula is C18H22F2N2O5S. The number of halogens is 2. The zero-order chi connectivity index (χ0) is 20.3. The van der Waals surface area contributed by atoms with Gasteiger partial charge >= 0.3 is 6.61 Å². The van der Waals surface area contributed by atoms with E-state index in [0.717, 1.165) is 0 Å². The van der Waals surface area contributed by atoms with E-state index in [0.29, 0.717) is 25.8 Å². The molecule has 2 heterocycles. The molecule has 2 unspecified atom stereocenters. The van der Waals surface area contributed by atoms with Crippen molar-refractivity contribution in [1.29, 1.82) is 0 Å². The second-order valence-electron chi connectivity index (χ2n) is 7.07. The summed E-state index contributed by atoms with van der Waals surface area (Å²) < 4.78 is 52.7. The van der Waals surface area contributed by atoms with Gasteiger partial charge in [0.1, 0.15) is 5.75 Å². The minimum atomic E-state index is -3.10. The van der Waals surface area contributed by atoms with Crippen LogP contribution in [-0.2, 0) is 14.6 Å². The van der Waals surface area contributed by atoms with Crippen LogP contribution in [0, 0.1) is 5.92 Å². The molecule has 0 spiro atoms. The summed E-state index contributed by atoms with van der Waals surface area (Å²) >= 11 is 0. The molecule has 1 aromatic carbocycles. The lowest BCUT2D eigenvalue weighted by Gasteiger charge is -2.33. The van der Waals surface area contributed by atoms with Crippen molar-refractivity contribution in [3.8, 4) is 5.75 Å². The van der Waals surface area contributed by atoms with Crippen molar-refractivity contribution in [2.45, 2.75) is 31.9 Å². The van der Waals surface area contributed by atoms with Gasteiger partial charge in [-0.15, -0.1) is 0 Å². The molecule has 2 saturated heterocycles. The van der Waals surface area contributed by atoms with Gasteiger partial charge < -0.3 is 15.0 Å². The zero-order valence-electron chi connectivity index (χ0n) is 15.1. The summed E-state index contributed by atoms with van der Waals surface area (Å²) in [6, 6.07) is 5.36. The first-order valence-electron chi connectivity index (χ1n) is 9.09. The lowest BCUT2D eigenvalue weighted by atomic mass is 9.96. The van der Waals surface area contributed by atoms with Gasteiger partial charge in [-0.05, 0) is 31.4 Å². The maximum Gasteiger partial charge on any atom is 0.387 e. The van der Waals surface area contributed by atoms with E-state index in [-0.39, 0.29) is 35.3 Å². The minimum absolute atomic E-state index is 0.0192. The summed E-state index contributed by atoms with van der Waals surface area (Å²) in [5, 5.41) is 2.76. The van der Waals surface area contributed by atoms with Crippen LogP contribution in [0.25, 0.3) is 0 Å². The molecule has 2 aliphatic heterocycles. The normalized spacial score (nSPS) is 24.2. The highest BCUT2D eigenvalue weighted by atomic mass is 32.2. The number of para-hydroxylation sites is 1. The standard InChI is InChI=1S/C18H22F2N2O5S/c19-18(20)27-15-6-2-1-5-14(15)17(24)22-8-3-4-12(10-22)16(23)21-13-7-9-28(25,26)11-13/h1-2,5-6,12-13,18H,3-4,7-11H2,(H,21,23). The summed E-state index contributed by atoms with van der Waals surface area (Å²) in [6.07, 6.45) is 1.55. The largest absolute Gasteiger partial charge is 0.434 e. The fraction of sp³-hybridized carbons (Fsp3) is 0.556. The van der Waals surface area contributed by atoms with Crippen molar-refractivity contribution >= 4 is 21.7 Å². The van der Waals surface area contributed by atoms with E-state index in [1.165, 1.54) is 23.1 Å². The summed E-state index contributed by atoms with van der Waals surface area (Å²) in [5.41, 5.74) is 0.0192. The maximum atomic E-state index is 12.8. The Kier molecular flexibility index (Phi) is 6.17. The van der Waals surface area contributed by atoms with Crippen molar-refractivity contribution in [2.75, 3.05) is 24.6 Å². The fourth-order valence-electron chi connectivity index (χ4n) is 3.62. The van der Waals surface area contributed by atoms with Gasteiger partial charge in [-0.2, -0.15) is 8.78 Å². The van der Waals surface area contributed by atoms with Gasteiger partial charge in [0.25, 0.3) is 5.91 Å². The lowest BCUT2D eigenvalue weighted by Crippen LogP contribution is -2.47. The number of nitrogens with one attached hydrogen (secondary N) is 1. The predicted molar refractivity (Wildman–Crippen MR) is 96.9 cm³/mol. The highest BCUT2D eigenvalue weighted by Crippen LogP contribution is 2.25. The molecule has 7 nitrogen and oxygen atoms in total. The molecule has 0 aliphatic carbocycles. The third-order valence-electron chi connectivity index (χ3n) is 4.99. The van der Waals surface area contributed by atoms with Gasteiger partial charge in [0, 0.05) is 19.1 Å². The van der Waals surface area contributed by atoms with E-state index >= 15 is 0 Å². The van der Waals surface area contributed by atoms with Crippen molar-refractivity contribution in [3.63, 3.8) is 0 Å². The molecule has 2 aliphatic rings. The number of rotatable bonds is 5. The zero-order valence-corrected chi connectivity index (χ0v) is 16.0. The molecule has 2 fully saturated rings. The molecule has 10 heteroatoms. The van der Waals surface area contributed by atoms with E-state index in [4.69, 9.17) is 0 Å². The summed E-state index contributed by atoms with van der Waals surface area (Å²) in [6.45, 7) is -2.49. The van der Waals surface area contributed by atoms with Crippen molar-refractivity contribution in [1.82, 2.24) is 10.2 Å². The number of alkyl halides is 2. The molecule has 2 amide bonds. The Hall–Kier alpha value is -2.23. The number of hydrogen-bond acceptors (Lipinski definition) is 5.